The zero-order valence-electron chi connectivity index (χ0n) is 14.9. The minimum absolute atomic E-state index is 0. The Hall–Kier alpha value is -1.66. The molecule has 142 valence electrons. The van der Waals surface area contributed by atoms with Gasteiger partial charge in [-0.1, -0.05) is 36.4 Å². The second-order valence-corrected chi connectivity index (χ2v) is 6.78. The maximum absolute atomic E-state index is 12.6. The third kappa shape index (κ3) is 6.92. The Morgan fingerprint density at radius 2 is 2.12 bits per heavy atom. The molecular formula is C20H26ClNO3S. The van der Waals surface area contributed by atoms with Crippen molar-refractivity contribution in [1.29, 1.82) is 0 Å². The predicted molar refractivity (Wildman–Crippen MR) is 110 cm³/mol. The molecule has 0 radical (unpaired) electrons. The fourth-order valence-electron chi connectivity index (χ4n) is 2.41. The Balaban J connectivity index is 0.00000338. The van der Waals surface area contributed by atoms with Crippen LogP contribution < -0.4 is 10.1 Å². The van der Waals surface area contributed by atoms with Crippen LogP contribution in [0.5, 0.6) is 5.75 Å². The van der Waals surface area contributed by atoms with Gasteiger partial charge >= 0.3 is 0 Å². The fraction of sp³-hybridized carbons (Fsp3) is 0.350. The van der Waals surface area contributed by atoms with Crippen LogP contribution in [-0.2, 0) is 6.42 Å². The van der Waals surface area contributed by atoms with Gasteiger partial charge in [0.25, 0.3) is 0 Å². The van der Waals surface area contributed by atoms with Crippen LogP contribution in [0.25, 0.3) is 0 Å². The first-order valence-electron chi connectivity index (χ1n) is 8.39. The minimum atomic E-state index is -0.633. The van der Waals surface area contributed by atoms with E-state index < -0.39 is 6.10 Å². The van der Waals surface area contributed by atoms with Gasteiger partial charge in [0, 0.05) is 25.1 Å². The maximum Gasteiger partial charge on any atom is 0.176 e. The van der Waals surface area contributed by atoms with Gasteiger partial charge in [-0.25, -0.2) is 0 Å². The summed E-state index contributed by atoms with van der Waals surface area (Å²) < 4.78 is 5.75. The number of thiophene rings is 1. The van der Waals surface area contributed by atoms with Gasteiger partial charge in [-0.3, -0.25) is 4.79 Å². The van der Waals surface area contributed by atoms with Crippen molar-refractivity contribution in [3.63, 3.8) is 0 Å². The standard InChI is InChI=1S/C20H25NO3S.ClH/c1-3-11-21-12-17(22)13-24-19-15(2)14-25-20(19)18(23)10-9-16-7-5-4-6-8-16;/h3-8,14,17,21-22H,1,9-13H2,2H3;1H. The van der Waals surface area contributed by atoms with Crippen molar-refractivity contribution in [2.24, 2.45) is 0 Å². The van der Waals surface area contributed by atoms with E-state index in [-0.39, 0.29) is 24.8 Å². The van der Waals surface area contributed by atoms with Crippen LogP contribution >= 0.6 is 23.7 Å². The van der Waals surface area contributed by atoms with Crippen LogP contribution in [0.4, 0.5) is 0 Å². The van der Waals surface area contributed by atoms with Crippen LogP contribution in [0, 0.1) is 6.92 Å². The van der Waals surface area contributed by atoms with Crippen LogP contribution in [0.15, 0.2) is 48.4 Å². The number of ether oxygens (including phenoxy) is 1. The molecule has 2 rings (SSSR count). The van der Waals surface area contributed by atoms with Crippen molar-refractivity contribution < 1.29 is 14.6 Å². The van der Waals surface area contributed by atoms with E-state index in [1.807, 2.05) is 42.6 Å². The predicted octanol–water partition coefficient (Wildman–Crippen LogP) is 3.81. The largest absolute Gasteiger partial charge is 0.489 e. The van der Waals surface area contributed by atoms with Gasteiger partial charge in [-0.05, 0) is 24.3 Å². The molecule has 0 aliphatic heterocycles. The summed E-state index contributed by atoms with van der Waals surface area (Å²) in [5.41, 5.74) is 2.08. The number of hydrogen-bond donors (Lipinski definition) is 2. The van der Waals surface area contributed by atoms with Gasteiger partial charge in [-0.2, -0.15) is 0 Å². The SMILES string of the molecule is C=CCNCC(O)COc1c(C)csc1C(=O)CCc1ccccc1.Cl. The van der Waals surface area contributed by atoms with E-state index in [2.05, 4.69) is 11.9 Å². The topological polar surface area (TPSA) is 58.6 Å². The summed E-state index contributed by atoms with van der Waals surface area (Å²) in [4.78, 5) is 13.2. The third-order valence-electron chi connectivity index (χ3n) is 3.74. The molecule has 4 nitrogen and oxygen atoms in total. The number of carbonyl (C=O) groups excluding carboxylic acids is 1. The Labute approximate surface area is 165 Å². The lowest BCUT2D eigenvalue weighted by Crippen LogP contribution is -2.31. The van der Waals surface area contributed by atoms with E-state index in [4.69, 9.17) is 4.74 Å². The van der Waals surface area contributed by atoms with E-state index in [9.17, 15) is 9.90 Å². The Morgan fingerprint density at radius 3 is 2.81 bits per heavy atom. The molecule has 0 fully saturated rings. The van der Waals surface area contributed by atoms with E-state index in [0.29, 0.717) is 36.6 Å². The van der Waals surface area contributed by atoms with Gasteiger partial charge < -0.3 is 15.2 Å². The lowest BCUT2D eigenvalue weighted by molar-refractivity contribution is 0.0957. The number of aliphatic hydroxyl groups excluding tert-OH is 1. The number of hydrogen-bond acceptors (Lipinski definition) is 5. The highest BCUT2D eigenvalue weighted by Gasteiger charge is 2.18. The van der Waals surface area contributed by atoms with Crippen molar-refractivity contribution in [2.75, 3.05) is 19.7 Å². The molecule has 1 atom stereocenters. The molecule has 1 aromatic heterocycles. The van der Waals surface area contributed by atoms with Crippen molar-refractivity contribution in [3.8, 4) is 5.75 Å². The molecule has 0 bridgehead atoms. The van der Waals surface area contributed by atoms with E-state index in [1.165, 1.54) is 11.3 Å². The first-order chi connectivity index (χ1) is 12.1. The van der Waals surface area contributed by atoms with Crippen LogP contribution in [0.1, 0.15) is 27.2 Å². The average molecular weight is 396 g/mol. The molecule has 1 aromatic carbocycles. The quantitative estimate of drug-likeness (QED) is 0.345. The number of aryl methyl sites for hydroxylation is 2. The van der Waals surface area contributed by atoms with Gasteiger partial charge in [0.1, 0.15) is 23.3 Å². The second-order valence-electron chi connectivity index (χ2n) is 5.90. The van der Waals surface area contributed by atoms with E-state index in [0.717, 1.165) is 11.1 Å². The zero-order valence-corrected chi connectivity index (χ0v) is 16.6. The van der Waals surface area contributed by atoms with Crippen LogP contribution in [0.3, 0.4) is 0 Å². The molecule has 0 aliphatic rings. The number of nitrogens with one attached hydrogen (secondary N) is 1. The molecule has 0 aliphatic carbocycles. The van der Waals surface area contributed by atoms with Crippen molar-refractivity contribution in [3.05, 3.63) is 64.4 Å². The molecule has 26 heavy (non-hydrogen) atoms. The molecule has 2 N–H and O–H groups in total. The molecule has 2 aromatic rings. The molecule has 0 saturated carbocycles. The summed E-state index contributed by atoms with van der Waals surface area (Å²) in [6.45, 7) is 6.75. The lowest BCUT2D eigenvalue weighted by atomic mass is 10.1. The van der Waals surface area contributed by atoms with Gasteiger partial charge in [0.2, 0.25) is 0 Å². The number of Topliss-reactive ketones (excluding diaryl/α,β-unsaturated/α-hetero) is 1. The lowest BCUT2D eigenvalue weighted by Gasteiger charge is -2.13. The first kappa shape index (κ1) is 22.4. The summed E-state index contributed by atoms with van der Waals surface area (Å²) in [7, 11) is 0. The monoisotopic (exact) mass is 395 g/mol. The molecule has 0 saturated heterocycles. The van der Waals surface area contributed by atoms with Crippen LogP contribution in [-0.4, -0.2) is 36.7 Å². The van der Waals surface area contributed by atoms with Crippen LogP contribution in [0.2, 0.25) is 0 Å². The number of benzene rings is 1. The smallest absolute Gasteiger partial charge is 0.176 e. The number of aliphatic hydroxyl groups is 1. The highest BCUT2D eigenvalue weighted by Crippen LogP contribution is 2.31. The molecule has 0 spiro atoms. The summed E-state index contributed by atoms with van der Waals surface area (Å²) >= 11 is 1.41. The number of halogens is 1. The van der Waals surface area contributed by atoms with Crippen molar-refractivity contribution >= 4 is 29.5 Å². The summed E-state index contributed by atoms with van der Waals surface area (Å²) in [6, 6.07) is 9.97. The van der Waals surface area contributed by atoms with Gasteiger partial charge in [0.05, 0.1) is 0 Å². The molecule has 6 heteroatoms. The van der Waals surface area contributed by atoms with Gasteiger partial charge in [0.15, 0.2) is 5.78 Å². The Kier molecular flexibility index (Phi) is 10.2. The summed E-state index contributed by atoms with van der Waals surface area (Å²) in [5, 5.41) is 14.9. The maximum atomic E-state index is 12.6. The third-order valence-corrected chi connectivity index (χ3v) is 4.86. The van der Waals surface area contributed by atoms with E-state index in [1.54, 1.807) is 6.08 Å². The Morgan fingerprint density at radius 1 is 1.38 bits per heavy atom. The highest BCUT2D eigenvalue weighted by molar-refractivity contribution is 7.12. The first-order valence-corrected chi connectivity index (χ1v) is 9.27. The summed E-state index contributed by atoms with van der Waals surface area (Å²) in [6.07, 6.45) is 2.26. The van der Waals surface area contributed by atoms with Crippen molar-refractivity contribution in [1.82, 2.24) is 5.32 Å². The molecular weight excluding hydrogens is 370 g/mol. The van der Waals surface area contributed by atoms with Crippen molar-refractivity contribution in [2.45, 2.75) is 25.9 Å². The minimum Gasteiger partial charge on any atom is -0.489 e. The molecule has 0 amide bonds. The molecule has 1 unspecified atom stereocenters. The Bertz CT molecular complexity index is 688. The number of ketones is 1. The summed E-state index contributed by atoms with van der Waals surface area (Å²) in [5.74, 6) is 0.682. The average Bonchev–Trinajstić information content (AvgIpc) is 3.00. The second kappa shape index (κ2) is 11.9. The number of rotatable bonds is 11. The number of carbonyl (C=O) groups is 1. The van der Waals surface area contributed by atoms with Gasteiger partial charge in [-0.15, -0.1) is 30.3 Å². The molecule has 1 heterocycles. The highest BCUT2D eigenvalue weighted by atomic mass is 35.5. The van der Waals surface area contributed by atoms with E-state index >= 15 is 0 Å². The fourth-order valence-corrected chi connectivity index (χ4v) is 3.37. The zero-order chi connectivity index (χ0) is 18.1. The normalized spacial score (nSPS) is 11.5.